The van der Waals surface area contributed by atoms with E-state index in [2.05, 4.69) is 52.8 Å². The summed E-state index contributed by atoms with van der Waals surface area (Å²) in [6.45, 7) is 9.66. The van der Waals surface area contributed by atoms with Crippen LogP contribution in [0.5, 0.6) is 0 Å². The first-order valence-corrected chi connectivity index (χ1v) is 9.22. The average molecular weight is 333 g/mol. The maximum Gasteiger partial charge on any atom is 0.0826 e. The average Bonchev–Trinajstić information content (AvgIpc) is 2.62. The van der Waals surface area contributed by atoms with Crippen LogP contribution in [-0.2, 0) is 16.0 Å². The Kier molecular flexibility index (Phi) is 7.05. The van der Waals surface area contributed by atoms with Gasteiger partial charge in [-0.2, -0.15) is 0 Å². The molecule has 3 atom stereocenters. The molecule has 2 aliphatic rings. The molecule has 5 nitrogen and oxygen atoms in total. The lowest BCUT2D eigenvalue weighted by Gasteiger charge is -2.34. The van der Waals surface area contributed by atoms with Gasteiger partial charge in [0, 0.05) is 44.8 Å². The highest BCUT2D eigenvalue weighted by atomic mass is 16.5. The van der Waals surface area contributed by atoms with Crippen molar-refractivity contribution in [2.75, 3.05) is 46.0 Å². The van der Waals surface area contributed by atoms with Gasteiger partial charge in [-0.05, 0) is 18.9 Å². The fourth-order valence-electron chi connectivity index (χ4n) is 3.50. The summed E-state index contributed by atoms with van der Waals surface area (Å²) in [4.78, 5) is 2.49. The van der Waals surface area contributed by atoms with E-state index in [1.54, 1.807) is 0 Å². The molecule has 3 unspecified atom stereocenters. The molecule has 2 heterocycles. The molecular weight excluding hydrogens is 302 g/mol. The number of nitrogens with zero attached hydrogens (tertiary/aromatic N) is 1. The Balaban J connectivity index is 1.37. The van der Waals surface area contributed by atoms with E-state index in [0.29, 0.717) is 12.1 Å². The largest absolute Gasteiger partial charge is 0.379 e. The van der Waals surface area contributed by atoms with Gasteiger partial charge in [-0.15, -0.1) is 0 Å². The maximum atomic E-state index is 5.94. The second kappa shape index (κ2) is 9.49. The lowest BCUT2D eigenvalue weighted by atomic mass is 10.1. The fraction of sp³-hybridized carbons (Fsp3) is 0.684. The molecule has 1 aromatic rings. The van der Waals surface area contributed by atoms with Crippen LogP contribution >= 0.6 is 0 Å². The molecule has 0 radical (unpaired) electrons. The topological polar surface area (TPSA) is 45.8 Å². The molecule has 0 saturated carbocycles. The van der Waals surface area contributed by atoms with Crippen LogP contribution in [0.3, 0.4) is 0 Å². The number of morpholine rings is 2. The number of benzene rings is 1. The molecule has 24 heavy (non-hydrogen) atoms. The van der Waals surface area contributed by atoms with E-state index in [1.807, 2.05) is 0 Å². The van der Waals surface area contributed by atoms with E-state index < -0.39 is 0 Å². The molecule has 2 fully saturated rings. The third-order valence-corrected chi connectivity index (χ3v) is 4.80. The molecule has 0 amide bonds. The van der Waals surface area contributed by atoms with E-state index in [1.165, 1.54) is 5.56 Å². The van der Waals surface area contributed by atoms with Gasteiger partial charge >= 0.3 is 0 Å². The first-order valence-electron chi connectivity index (χ1n) is 9.22. The third-order valence-electron chi connectivity index (χ3n) is 4.80. The van der Waals surface area contributed by atoms with Crippen LogP contribution in [0.15, 0.2) is 30.3 Å². The van der Waals surface area contributed by atoms with Crippen LogP contribution in [0, 0.1) is 0 Å². The zero-order valence-corrected chi connectivity index (χ0v) is 14.7. The Bertz CT molecular complexity index is 465. The predicted molar refractivity (Wildman–Crippen MR) is 96.2 cm³/mol. The van der Waals surface area contributed by atoms with Crippen molar-refractivity contribution < 1.29 is 9.47 Å². The molecular formula is C19H31N3O2. The van der Waals surface area contributed by atoms with Crippen molar-refractivity contribution in [1.82, 2.24) is 15.5 Å². The Morgan fingerprint density at radius 3 is 2.96 bits per heavy atom. The molecule has 134 valence electrons. The fourth-order valence-corrected chi connectivity index (χ4v) is 3.50. The lowest BCUT2D eigenvalue weighted by molar-refractivity contribution is -0.0312. The van der Waals surface area contributed by atoms with Crippen LogP contribution in [0.25, 0.3) is 0 Å². The summed E-state index contributed by atoms with van der Waals surface area (Å²) in [5, 5.41) is 7.15. The van der Waals surface area contributed by atoms with Crippen LogP contribution in [0.2, 0.25) is 0 Å². The highest BCUT2D eigenvalue weighted by molar-refractivity contribution is 5.14. The van der Waals surface area contributed by atoms with Gasteiger partial charge in [-0.25, -0.2) is 0 Å². The summed E-state index contributed by atoms with van der Waals surface area (Å²) in [6.07, 6.45) is 1.38. The molecule has 1 aromatic carbocycles. The van der Waals surface area contributed by atoms with E-state index in [9.17, 15) is 0 Å². The lowest BCUT2D eigenvalue weighted by Crippen LogP contribution is -2.49. The van der Waals surface area contributed by atoms with Gasteiger partial charge in [0.15, 0.2) is 0 Å². The summed E-state index contributed by atoms with van der Waals surface area (Å²) in [5.74, 6) is 0. The van der Waals surface area contributed by atoms with E-state index in [4.69, 9.17) is 9.47 Å². The number of rotatable bonds is 7. The van der Waals surface area contributed by atoms with E-state index >= 15 is 0 Å². The minimum absolute atomic E-state index is 0.278. The van der Waals surface area contributed by atoms with Crippen molar-refractivity contribution in [3.63, 3.8) is 0 Å². The van der Waals surface area contributed by atoms with Gasteiger partial charge in [0.2, 0.25) is 0 Å². The van der Waals surface area contributed by atoms with E-state index in [0.717, 1.165) is 59.0 Å². The SMILES string of the molecule is CC(CC1COCCN1)NCC1CN(Cc2ccccc2)CCO1. The van der Waals surface area contributed by atoms with Gasteiger partial charge in [-0.1, -0.05) is 30.3 Å². The quantitative estimate of drug-likeness (QED) is 0.786. The molecule has 0 aliphatic carbocycles. The smallest absolute Gasteiger partial charge is 0.0826 e. The molecule has 0 spiro atoms. The van der Waals surface area contributed by atoms with Crippen molar-refractivity contribution >= 4 is 0 Å². The van der Waals surface area contributed by atoms with Gasteiger partial charge in [0.05, 0.1) is 25.9 Å². The second-order valence-electron chi connectivity index (χ2n) is 6.98. The van der Waals surface area contributed by atoms with Crippen LogP contribution in [0.4, 0.5) is 0 Å². The Morgan fingerprint density at radius 1 is 1.29 bits per heavy atom. The standard InChI is InChI=1S/C19H31N3O2/c1-16(11-18-15-23-9-7-20-18)21-12-19-14-22(8-10-24-19)13-17-5-3-2-4-6-17/h2-6,16,18-21H,7-15H2,1H3. The third kappa shape index (κ3) is 5.83. The zero-order valence-electron chi connectivity index (χ0n) is 14.7. The minimum Gasteiger partial charge on any atom is -0.379 e. The molecule has 2 aliphatic heterocycles. The molecule has 3 rings (SSSR count). The number of ether oxygens (including phenoxy) is 2. The van der Waals surface area contributed by atoms with Crippen molar-refractivity contribution in [1.29, 1.82) is 0 Å². The monoisotopic (exact) mass is 333 g/mol. The van der Waals surface area contributed by atoms with Gasteiger partial charge in [-0.3, -0.25) is 4.90 Å². The zero-order chi connectivity index (χ0) is 16.6. The highest BCUT2D eigenvalue weighted by Crippen LogP contribution is 2.10. The predicted octanol–water partition coefficient (Wildman–Crippen LogP) is 1.24. The van der Waals surface area contributed by atoms with Crippen molar-refractivity contribution in [2.24, 2.45) is 0 Å². The summed E-state index contributed by atoms with van der Waals surface area (Å²) in [7, 11) is 0. The summed E-state index contributed by atoms with van der Waals surface area (Å²) < 4.78 is 11.5. The molecule has 0 bridgehead atoms. The number of hydrogen-bond donors (Lipinski definition) is 2. The summed E-state index contributed by atoms with van der Waals surface area (Å²) in [6, 6.07) is 11.6. The molecule has 2 saturated heterocycles. The van der Waals surface area contributed by atoms with E-state index in [-0.39, 0.29) is 6.10 Å². The Labute approximate surface area is 145 Å². The van der Waals surface area contributed by atoms with Gasteiger partial charge in [0.25, 0.3) is 0 Å². The molecule has 2 N–H and O–H groups in total. The highest BCUT2D eigenvalue weighted by Gasteiger charge is 2.22. The van der Waals surface area contributed by atoms with Crippen molar-refractivity contribution in [2.45, 2.75) is 38.1 Å². The summed E-state index contributed by atoms with van der Waals surface area (Å²) in [5.41, 5.74) is 1.38. The summed E-state index contributed by atoms with van der Waals surface area (Å²) >= 11 is 0. The number of nitrogens with one attached hydrogen (secondary N) is 2. The molecule has 5 heteroatoms. The van der Waals surface area contributed by atoms with Gasteiger partial charge in [0.1, 0.15) is 0 Å². The maximum absolute atomic E-state index is 5.94. The van der Waals surface area contributed by atoms with Crippen LogP contribution in [-0.4, -0.2) is 69.1 Å². The first-order chi connectivity index (χ1) is 11.8. The first kappa shape index (κ1) is 17.8. The molecule has 0 aromatic heterocycles. The second-order valence-corrected chi connectivity index (χ2v) is 6.98. The van der Waals surface area contributed by atoms with Gasteiger partial charge < -0.3 is 20.1 Å². The Morgan fingerprint density at radius 2 is 2.17 bits per heavy atom. The Hall–Kier alpha value is -0.980. The minimum atomic E-state index is 0.278. The van der Waals surface area contributed by atoms with Crippen molar-refractivity contribution in [3.05, 3.63) is 35.9 Å². The number of hydrogen-bond acceptors (Lipinski definition) is 5. The van der Waals surface area contributed by atoms with Crippen molar-refractivity contribution in [3.8, 4) is 0 Å². The normalized spacial score (nSPS) is 27.0. The van der Waals surface area contributed by atoms with Crippen LogP contribution < -0.4 is 10.6 Å². The van der Waals surface area contributed by atoms with Crippen LogP contribution in [0.1, 0.15) is 18.9 Å².